The first kappa shape index (κ1) is 49.9. The average molecular weight is 1080 g/mol. The largest absolute Gasteiger partial charge is 0.0648 e. The van der Waals surface area contributed by atoms with Gasteiger partial charge in [0.05, 0.1) is 0 Å². The normalized spacial score (nSPS) is 17.1. The molecular weight excluding hydrogens is 937 g/mol. The highest BCUT2D eigenvalue weighted by molar-refractivity contribution is 5.48. The Morgan fingerprint density at radius 1 is 0.333 bits per heavy atom. The number of hydrogen-bond acceptors (Lipinski definition) is 0. The average Bonchev–Trinajstić information content (AvgIpc) is 0.708. The van der Waals surface area contributed by atoms with Crippen LogP contribution in [0.2, 0.25) is 0 Å². The summed E-state index contributed by atoms with van der Waals surface area (Å²) in [5.41, 5.74) is 14.0. The van der Waals surface area contributed by atoms with Crippen LogP contribution in [0.4, 0.5) is 0 Å². The molecule has 0 saturated heterocycles. The molecule has 0 N–H and O–H groups in total. The first-order chi connectivity index (χ1) is 41.1. The fraction of sp³-hybridized carbons (Fsp3) is 0.615. The Bertz CT molecular complexity index is 2980. The summed E-state index contributed by atoms with van der Waals surface area (Å²) >= 11 is 0. The monoisotopic (exact) mass is 1080 g/mol. The minimum atomic E-state index is -3.31. The van der Waals surface area contributed by atoms with Gasteiger partial charge in [0.15, 0.2) is 0 Å². The fourth-order valence-electron chi connectivity index (χ4n) is 10.3. The van der Waals surface area contributed by atoms with Crippen LogP contribution in [0.25, 0.3) is 0 Å². The quantitative estimate of drug-likeness (QED) is 0.131. The molecule has 5 aromatic rings. The predicted octanol–water partition coefficient (Wildman–Crippen LogP) is 25.4. The fourth-order valence-corrected chi connectivity index (χ4v) is 10.3. The molecule has 0 aromatic heterocycles. The van der Waals surface area contributed by atoms with Crippen molar-refractivity contribution in [3.8, 4) is 0 Å². The van der Waals surface area contributed by atoms with Gasteiger partial charge in [0.2, 0.25) is 0 Å². The minimum Gasteiger partial charge on any atom is -0.0648 e. The topological polar surface area (TPSA) is 0 Å². The van der Waals surface area contributed by atoms with Crippen molar-refractivity contribution in [3.63, 3.8) is 0 Å². The van der Waals surface area contributed by atoms with Gasteiger partial charge in [-0.05, 0) is 165 Å². The summed E-state index contributed by atoms with van der Waals surface area (Å²) in [6.07, 6.45) is -2.61. The molecule has 0 saturated carbocycles. The molecule has 0 amide bonds. The van der Waals surface area contributed by atoms with Crippen LogP contribution < -0.4 is 0 Å². The van der Waals surface area contributed by atoms with E-state index in [9.17, 15) is 0 Å². The Hall–Kier alpha value is -3.90. The van der Waals surface area contributed by atoms with Crippen LogP contribution in [-0.2, 0) is 27.1 Å². The van der Waals surface area contributed by atoms with Crippen LogP contribution in [-0.4, -0.2) is 0 Å². The summed E-state index contributed by atoms with van der Waals surface area (Å²) in [6.45, 7) is 53.6. The van der Waals surface area contributed by atoms with Gasteiger partial charge in [0.1, 0.15) is 0 Å². The van der Waals surface area contributed by atoms with Gasteiger partial charge in [-0.3, -0.25) is 0 Å². The number of benzene rings is 5. The lowest BCUT2D eigenvalue weighted by molar-refractivity contribution is 0.558. The zero-order valence-electron chi connectivity index (χ0n) is 70.6. The molecule has 0 nitrogen and oxygen atoms in total. The molecule has 0 heteroatoms. The van der Waals surface area contributed by atoms with E-state index in [0.29, 0.717) is 35.0 Å². The molecule has 0 aliphatic heterocycles. The van der Waals surface area contributed by atoms with E-state index in [1.165, 1.54) is 34.4 Å². The second-order valence-corrected chi connectivity index (χ2v) is 28.7. The highest BCUT2D eigenvalue weighted by atomic mass is 14.3. The third-order valence-electron chi connectivity index (χ3n) is 14.1. The summed E-state index contributed by atoms with van der Waals surface area (Å²) in [5, 5.41) is 0. The van der Waals surface area contributed by atoms with Gasteiger partial charge < -0.3 is 0 Å². The van der Waals surface area contributed by atoms with E-state index in [0.717, 1.165) is 29.7 Å². The molecule has 5 rings (SSSR count). The lowest BCUT2D eigenvalue weighted by atomic mass is 9.74. The Kier molecular flexibility index (Phi) is 19.3. The van der Waals surface area contributed by atoms with Crippen LogP contribution in [0.15, 0.2) is 97.1 Å². The van der Waals surface area contributed by atoms with Gasteiger partial charge in [-0.1, -0.05) is 325 Å². The molecule has 438 valence electrons. The van der Waals surface area contributed by atoms with E-state index in [-0.39, 0.29) is 27.4 Å². The summed E-state index contributed by atoms with van der Waals surface area (Å²) in [4.78, 5) is 0. The van der Waals surface area contributed by atoms with Crippen LogP contribution >= 0.6 is 0 Å². The van der Waals surface area contributed by atoms with E-state index in [1.54, 1.807) is 43.0 Å². The summed E-state index contributed by atoms with van der Waals surface area (Å²) in [7, 11) is 0. The molecule has 0 aliphatic carbocycles. The molecule has 0 radical (unpaired) electrons. The van der Waals surface area contributed by atoms with Crippen molar-refractivity contribution < 1.29 is 20.6 Å². The maximum atomic E-state index is 8.72. The molecule has 5 aromatic carbocycles. The van der Waals surface area contributed by atoms with Crippen LogP contribution in [0.5, 0.6) is 0 Å². The van der Waals surface area contributed by atoms with E-state index in [1.807, 2.05) is 45.9 Å². The molecule has 0 aliphatic rings. The van der Waals surface area contributed by atoms with Gasteiger partial charge in [-0.25, -0.2) is 0 Å². The molecule has 0 spiro atoms. The molecule has 1 atom stereocenters. The highest BCUT2D eigenvalue weighted by Gasteiger charge is 2.28. The summed E-state index contributed by atoms with van der Waals surface area (Å²) in [6, 6.07) is 31.8. The third kappa shape index (κ3) is 21.5. The van der Waals surface area contributed by atoms with Crippen molar-refractivity contribution in [2.75, 3.05) is 0 Å². The Morgan fingerprint density at radius 2 is 0.628 bits per heavy atom. The second-order valence-electron chi connectivity index (χ2n) is 28.7. The summed E-state index contributed by atoms with van der Waals surface area (Å²) in [5.74, 6) is -4.24. The first-order valence-electron chi connectivity index (χ1n) is 36.8. The Balaban J connectivity index is 0.000000605. The SMILES string of the molecule is CC(C)(C)c1ccccc1.CC(C)c1cc(C(C)C)c(C(C)(C)C)c(C(C)C)c1.CC(C)c1cccc(C(C)C)c1C(C)(C)C.[2H]C(C)(C)c1cccc(C([2H])(C)C)c1C(C)(C)C.[2H]C([2H])([2H])C([2H])(c1cccc(C([2H])(C([2H])([2H])[2H])C([2H])([2H])C)c1C(C)(C)C)C([2H])([2H])[2H]. The van der Waals surface area contributed by atoms with E-state index >= 15 is 0 Å². The maximum absolute atomic E-state index is 8.72. The smallest absolute Gasteiger partial charge is 0.0349 e. The molecule has 0 fully saturated rings. The van der Waals surface area contributed by atoms with Crippen molar-refractivity contribution in [2.45, 2.75) is 315 Å². The van der Waals surface area contributed by atoms with Crippen LogP contribution in [0, 0.1) is 0 Å². The standard InChI is InChI=1S/C19H32.C17H28.2C16H26.C10H14/c1-12(2)15-10-16(13(3)4)18(19(7,8)9)17(11-15)14(5)6;1-8-13(4)15-11-9-10-14(12(2)3)16(15)17(5,6)7;2*1-11(2)13-9-8-10-14(12(3)4)15(13)16(5,6)7;1-10(2,3)9-7-5-4-6-8-9/h10-14H,1-9H3;9-13H,8H2,1-7H3;2*8-12H,1-7H3;4-8H,1-3H3/i;2D3,3D3,4D3,8D2,12D,13D;11D,12D;;. The second kappa shape index (κ2) is 30.2. The highest BCUT2D eigenvalue weighted by Crippen LogP contribution is 2.41. The first-order valence-corrected chi connectivity index (χ1v) is 29.3. The Morgan fingerprint density at radius 3 is 0.885 bits per heavy atom. The van der Waals surface area contributed by atoms with Crippen molar-refractivity contribution in [3.05, 3.63) is 175 Å². The predicted molar refractivity (Wildman–Crippen MR) is 357 cm³/mol. The van der Waals surface area contributed by atoms with Crippen LogP contribution in [0.1, 0.15) is 386 Å². The lowest BCUT2D eigenvalue weighted by Crippen LogP contribution is -2.19. The summed E-state index contributed by atoms with van der Waals surface area (Å²) < 4.78 is 121. The van der Waals surface area contributed by atoms with Crippen molar-refractivity contribution in [1.29, 1.82) is 0 Å². The number of hydrogen-bond donors (Lipinski definition) is 0. The zero-order valence-corrected chi connectivity index (χ0v) is 55.6. The molecule has 0 heterocycles. The van der Waals surface area contributed by atoms with E-state index in [2.05, 4.69) is 213 Å². The van der Waals surface area contributed by atoms with Crippen LogP contribution in [0.3, 0.4) is 0 Å². The molecular formula is C78H126. The molecule has 0 bridgehead atoms. The minimum absolute atomic E-state index is 0.0530. The van der Waals surface area contributed by atoms with E-state index in [4.69, 9.17) is 20.6 Å². The third-order valence-corrected chi connectivity index (χ3v) is 14.1. The zero-order chi connectivity index (χ0) is 73.8. The Labute approximate surface area is 508 Å². The van der Waals surface area contributed by atoms with Gasteiger partial charge in [-0.15, -0.1) is 0 Å². The van der Waals surface area contributed by atoms with Crippen molar-refractivity contribution in [1.82, 2.24) is 0 Å². The van der Waals surface area contributed by atoms with Gasteiger partial charge in [0, 0.05) is 20.6 Å². The van der Waals surface area contributed by atoms with Gasteiger partial charge in [-0.2, -0.15) is 0 Å². The lowest BCUT2D eigenvalue weighted by Gasteiger charge is -2.31. The maximum Gasteiger partial charge on any atom is 0.0349 e. The van der Waals surface area contributed by atoms with Crippen molar-refractivity contribution in [2.24, 2.45) is 0 Å². The number of rotatable bonds is 10. The molecule has 1 unspecified atom stereocenters. The van der Waals surface area contributed by atoms with Gasteiger partial charge >= 0.3 is 0 Å². The van der Waals surface area contributed by atoms with Crippen molar-refractivity contribution >= 4 is 0 Å². The molecule has 78 heavy (non-hydrogen) atoms. The van der Waals surface area contributed by atoms with Gasteiger partial charge in [0.25, 0.3) is 0 Å². The van der Waals surface area contributed by atoms with E-state index < -0.39 is 61.5 Å².